The molecule has 1 aliphatic heterocycles. The molecular weight excluding hydrogens is 326 g/mol. The lowest BCUT2D eigenvalue weighted by Gasteiger charge is -2.24. The van der Waals surface area contributed by atoms with Gasteiger partial charge in [0.1, 0.15) is 17.2 Å². The molecule has 134 valence electrons. The molecule has 5 nitrogen and oxygen atoms in total. The van der Waals surface area contributed by atoms with Crippen molar-refractivity contribution in [3.05, 3.63) is 42.1 Å². The third kappa shape index (κ3) is 2.59. The maximum atomic E-state index is 5.57. The van der Waals surface area contributed by atoms with Gasteiger partial charge >= 0.3 is 0 Å². The summed E-state index contributed by atoms with van der Waals surface area (Å²) in [6.45, 7) is 2.42. The predicted molar refractivity (Wildman–Crippen MR) is 102 cm³/mol. The summed E-state index contributed by atoms with van der Waals surface area (Å²) in [4.78, 5) is 4.94. The van der Waals surface area contributed by atoms with Crippen LogP contribution in [0, 0.1) is 6.92 Å². The molecule has 1 fully saturated rings. The molecule has 1 N–H and O–H groups in total. The molecular formula is C21H23N3O2. The van der Waals surface area contributed by atoms with E-state index in [1.807, 2.05) is 12.1 Å². The summed E-state index contributed by atoms with van der Waals surface area (Å²) in [5.41, 5.74) is 4.18. The van der Waals surface area contributed by atoms with Gasteiger partial charge < -0.3 is 14.8 Å². The number of pyridine rings is 1. The Labute approximate surface area is 153 Å². The third-order valence-electron chi connectivity index (χ3n) is 5.43. The minimum Gasteiger partial charge on any atom is -0.454 e. The summed E-state index contributed by atoms with van der Waals surface area (Å²) in [6.07, 6.45) is 6.39. The van der Waals surface area contributed by atoms with Gasteiger partial charge in [-0.25, -0.2) is 4.98 Å². The van der Waals surface area contributed by atoms with Gasteiger partial charge in [-0.1, -0.05) is 25.3 Å². The maximum absolute atomic E-state index is 5.57. The zero-order valence-corrected chi connectivity index (χ0v) is 15.0. The molecule has 0 radical (unpaired) electrons. The molecule has 0 spiro atoms. The van der Waals surface area contributed by atoms with Crippen LogP contribution < -0.4 is 14.8 Å². The molecule has 3 aromatic rings. The van der Waals surface area contributed by atoms with Crippen LogP contribution in [0.5, 0.6) is 11.5 Å². The number of nitrogens with zero attached hydrogens (tertiary/aromatic N) is 2. The van der Waals surface area contributed by atoms with E-state index in [4.69, 9.17) is 14.5 Å². The highest BCUT2D eigenvalue weighted by atomic mass is 16.7. The standard InChI is InChI=1S/C21H23N3O2/c1-14-6-5-9-19-23-20(15-10-11-17-18(12-15)26-13-25-17)21(24(14)19)22-16-7-3-2-4-8-16/h5-6,9-12,16,22H,2-4,7-8,13H2,1H3. The number of hydrogen-bond donors (Lipinski definition) is 1. The maximum Gasteiger partial charge on any atom is 0.231 e. The van der Waals surface area contributed by atoms with Crippen molar-refractivity contribution in [3.63, 3.8) is 0 Å². The normalized spacial score (nSPS) is 17.0. The number of hydrogen-bond acceptors (Lipinski definition) is 4. The zero-order valence-electron chi connectivity index (χ0n) is 15.0. The van der Waals surface area contributed by atoms with Gasteiger partial charge in [-0.2, -0.15) is 0 Å². The summed E-state index contributed by atoms with van der Waals surface area (Å²) in [5, 5.41) is 3.81. The molecule has 0 unspecified atom stereocenters. The molecule has 0 atom stereocenters. The average molecular weight is 349 g/mol. The molecule has 2 aromatic heterocycles. The van der Waals surface area contributed by atoms with Gasteiger partial charge in [-0.3, -0.25) is 4.40 Å². The summed E-state index contributed by atoms with van der Waals surface area (Å²) in [6, 6.07) is 12.8. The van der Waals surface area contributed by atoms with Crippen molar-refractivity contribution in [2.45, 2.75) is 45.1 Å². The largest absolute Gasteiger partial charge is 0.454 e. The van der Waals surface area contributed by atoms with E-state index in [0.717, 1.165) is 34.2 Å². The third-order valence-corrected chi connectivity index (χ3v) is 5.43. The molecule has 2 aliphatic rings. The lowest BCUT2D eigenvalue weighted by Crippen LogP contribution is -2.23. The van der Waals surface area contributed by atoms with Gasteiger partial charge in [0.05, 0.1) is 0 Å². The number of nitrogens with one attached hydrogen (secondary N) is 1. The van der Waals surface area contributed by atoms with E-state index in [9.17, 15) is 0 Å². The van der Waals surface area contributed by atoms with E-state index in [0.29, 0.717) is 6.04 Å². The SMILES string of the molecule is Cc1cccc2nc(-c3ccc4c(c3)OCO4)c(NC3CCCCC3)n12. The van der Waals surface area contributed by atoms with Crippen LogP contribution in [0.2, 0.25) is 0 Å². The molecule has 0 bridgehead atoms. The van der Waals surface area contributed by atoms with E-state index < -0.39 is 0 Å². The Hall–Kier alpha value is -2.69. The summed E-state index contributed by atoms with van der Waals surface area (Å²) < 4.78 is 13.3. The van der Waals surface area contributed by atoms with E-state index >= 15 is 0 Å². The van der Waals surface area contributed by atoms with Crippen LogP contribution in [-0.2, 0) is 0 Å². The van der Waals surface area contributed by atoms with Crippen molar-refractivity contribution in [1.82, 2.24) is 9.38 Å². The fourth-order valence-electron chi connectivity index (χ4n) is 4.07. The van der Waals surface area contributed by atoms with Gasteiger partial charge in [-0.05, 0) is 50.1 Å². The molecule has 26 heavy (non-hydrogen) atoms. The first-order chi connectivity index (χ1) is 12.8. The second-order valence-electron chi connectivity index (χ2n) is 7.22. The molecule has 0 saturated heterocycles. The highest BCUT2D eigenvalue weighted by Crippen LogP contribution is 2.39. The van der Waals surface area contributed by atoms with Crippen LogP contribution in [0.25, 0.3) is 16.9 Å². The van der Waals surface area contributed by atoms with Gasteiger partial charge in [0, 0.05) is 17.3 Å². The van der Waals surface area contributed by atoms with E-state index in [2.05, 4.69) is 40.9 Å². The average Bonchev–Trinajstić information content (AvgIpc) is 3.27. The lowest BCUT2D eigenvalue weighted by atomic mass is 9.95. The first-order valence-corrected chi connectivity index (χ1v) is 9.44. The van der Waals surface area contributed by atoms with Crippen molar-refractivity contribution in [3.8, 4) is 22.8 Å². The fourth-order valence-corrected chi connectivity index (χ4v) is 4.07. The van der Waals surface area contributed by atoms with Crippen LogP contribution in [0.15, 0.2) is 36.4 Å². The van der Waals surface area contributed by atoms with Crippen molar-refractivity contribution in [1.29, 1.82) is 0 Å². The minimum absolute atomic E-state index is 0.288. The number of benzene rings is 1. The van der Waals surface area contributed by atoms with Crippen molar-refractivity contribution in [2.75, 3.05) is 12.1 Å². The van der Waals surface area contributed by atoms with Gasteiger partial charge in [0.25, 0.3) is 0 Å². The van der Waals surface area contributed by atoms with Crippen LogP contribution in [0.3, 0.4) is 0 Å². The number of anilines is 1. The van der Waals surface area contributed by atoms with Gasteiger partial charge in [-0.15, -0.1) is 0 Å². The molecule has 5 heteroatoms. The first kappa shape index (κ1) is 15.6. The summed E-state index contributed by atoms with van der Waals surface area (Å²) in [7, 11) is 0. The van der Waals surface area contributed by atoms with Crippen LogP contribution in [0.1, 0.15) is 37.8 Å². The number of aromatic nitrogens is 2. The quantitative estimate of drug-likeness (QED) is 0.739. The van der Waals surface area contributed by atoms with Crippen molar-refractivity contribution < 1.29 is 9.47 Å². The number of aryl methyl sites for hydroxylation is 1. The number of rotatable bonds is 3. The van der Waals surface area contributed by atoms with Gasteiger partial charge in [0.15, 0.2) is 11.5 Å². The van der Waals surface area contributed by atoms with E-state index in [1.165, 1.54) is 37.8 Å². The first-order valence-electron chi connectivity index (χ1n) is 9.44. The Morgan fingerprint density at radius 1 is 1.04 bits per heavy atom. The van der Waals surface area contributed by atoms with Crippen molar-refractivity contribution in [2.24, 2.45) is 0 Å². The van der Waals surface area contributed by atoms with Crippen LogP contribution in [-0.4, -0.2) is 22.2 Å². The smallest absolute Gasteiger partial charge is 0.231 e. The summed E-state index contributed by atoms with van der Waals surface area (Å²) in [5.74, 6) is 2.68. The molecule has 5 rings (SSSR count). The zero-order chi connectivity index (χ0) is 17.5. The Kier molecular flexibility index (Phi) is 3.73. The highest BCUT2D eigenvalue weighted by Gasteiger charge is 2.22. The Morgan fingerprint density at radius 2 is 1.88 bits per heavy atom. The van der Waals surface area contributed by atoms with Gasteiger partial charge in [0.2, 0.25) is 6.79 Å². The molecule has 1 aromatic carbocycles. The minimum atomic E-state index is 0.288. The molecule has 3 heterocycles. The summed E-state index contributed by atoms with van der Waals surface area (Å²) >= 11 is 0. The topological polar surface area (TPSA) is 47.8 Å². The van der Waals surface area contributed by atoms with Crippen LogP contribution >= 0.6 is 0 Å². The Bertz CT molecular complexity index is 957. The number of ether oxygens (including phenoxy) is 2. The molecule has 1 aliphatic carbocycles. The second-order valence-corrected chi connectivity index (χ2v) is 7.22. The van der Waals surface area contributed by atoms with E-state index in [1.54, 1.807) is 0 Å². The molecule has 1 saturated carbocycles. The van der Waals surface area contributed by atoms with Crippen molar-refractivity contribution >= 4 is 11.5 Å². The molecule has 0 amide bonds. The Balaban J connectivity index is 1.64. The Morgan fingerprint density at radius 3 is 2.77 bits per heavy atom. The van der Waals surface area contributed by atoms with E-state index in [-0.39, 0.29) is 6.79 Å². The highest BCUT2D eigenvalue weighted by molar-refractivity contribution is 5.78. The monoisotopic (exact) mass is 349 g/mol. The lowest BCUT2D eigenvalue weighted by molar-refractivity contribution is 0.174. The number of fused-ring (bicyclic) bond motifs is 2. The predicted octanol–water partition coefficient (Wildman–Crippen LogP) is 4.78. The van der Waals surface area contributed by atoms with Crippen LogP contribution in [0.4, 0.5) is 5.82 Å². The second kappa shape index (κ2) is 6.24. The fraction of sp³-hybridized carbons (Fsp3) is 0.381. The number of imidazole rings is 1.